The quantitative estimate of drug-likeness (QED) is 0.408. The van der Waals surface area contributed by atoms with E-state index in [0.29, 0.717) is 0 Å². The van der Waals surface area contributed by atoms with E-state index >= 15 is 0 Å². The summed E-state index contributed by atoms with van der Waals surface area (Å²) in [6, 6.07) is 0. The molecule has 0 aliphatic heterocycles. The molecule has 1 unspecified atom stereocenters. The maximum Gasteiger partial charge on any atom is 0.279 e. The molecule has 88 valence electrons. The number of hydrogen-bond acceptors (Lipinski definition) is 2. The van der Waals surface area contributed by atoms with Crippen LogP contribution in [-0.2, 0) is 0 Å². The molecule has 15 heavy (non-hydrogen) atoms. The van der Waals surface area contributed by atoms with Crippen LogP contribution in [0, 0.1) is 5.41 Å². The minimum atomic E-state index is -0.121. The first-order valence-electron chi connectivity index (χ1n) is 5.48. The third-order valence-electron chi connectivity index (χ3n) is 3.89. The predicted octanol–water partition coefficient (Wildman–Crippen LogP) is 1.93. The minimum absolute atomic E-state index is 0.0324. The van der Waals surface area contributed by atoms with Crippen molar-refractivity contribution in [3.63, 3.8) is 0 Å². The molecule has 0 aliphatic carbocycles. The molecule has 3 heteroatoms. The average Bonchev–Trinajstić information content (AvgIpc) is 2.18. The Morgan fingerprint density at radius 1 is 1.40 bits per heavy atom. The zero-order chi connectivity index (χ0) is 12.1. The lowest BCUT2D eigenvalue weighted by Gasteiger charge is -2.41. The number of hydrogen-bond donors (Lipinski definition) is 1. The molecule has 0 aromatic rings. The molecule has 0 fully saturated rings. The van der Waals surface area contributed by atoms with E-state index in [1.807, 2.05) is 4.58 Å². The van der Waals surface area contributed by atoms with Crippen molar-refractivity contribution in [2.45, 2.75) is 46.1 Å². The summed E-state index contributed by atoms with van der Waals surface area (Å²) in [6.45, 7) is 12.8. The number of aliphatic hydroxyl groups is 1. The van der Waals surface area contributed by atoms with Crippen LogP contribution in [0.25, 0.3) is 0 Å². The predicted molar refractivity (Wildman–Crippen MR) is 66.0 cm³/mol. The van der Waals surface area contributed by atoms with Crippen LogP contribution in [0.2, 0.25) is 0 Å². The van der Waals surface area contributed by atoms with E-state index in [9.17, 15) is 0 Å². The van der Waals surface area contributed by atoms with Gasteiger partial charge >= 0.3 is 0 Å². The van der Waals surface area contributed by atoms with E-state index in [1.165, 1.54) is 0 Å². The van der Waals surface area contributed by atoms with Gasteiger partial charge in [-0.15, -0.1) is 0 Å². The van der Waals surface area contributed by atoms with Crippen molar-refractivity contribution in [3.05, 3.63) is 0 Å². The number of nitrogens with zero attached hydrogens (tertiary/aromatic N) is 2. The van der Waals surface area contributed by atoms with Crippen LogP contribution in [-0.4, -0.2) is 41.9 Å². The molecule has 1 atom stereocenters. The fraction of sp³-hybridized carbons (Fsp3) is 0.833. The molecule has 0 amide bonds. The van der Waals surface area contributed by atoms with Crippen molar-refractivity contribution in [3.8, 4) is 0 Å². The molecule has 0 bridgehead atoms. The molecule has 0 heterocycles. The Labute approximate surface area is 93.5 Å². The summed E-state index contributed by atoms with van der Waals surface area (Å²) in [5, 5.41) is 9.14. The Balaban J connectivity index is 5.02. The summed E-state index contributed by atoms with van der Waals surface area (Å²) >= 11 is 0. The second-order valence-corrected chi connectivity index (χ2v) is 4.79. The maximum atomic E-state index is 9.14. The van der Waals surface area contributed by atoms with Crippen molar-refractivity contribution >= 4 is 13.1 Å². The molecule has 0 spiro atoms. The lowest BCUT2D eigenvalue weighted by Crippen LogP contribution is -2.49. The van der Waals surface area contributed by atoms with Crippen LogP contribution < -0.4 is 0 Å². The highest BCUT2D eigenvalue weighted by Gasteiger charge is 2.43. The Hall–Kier alpha value is -0.700. The number of aliphatic imine (C=N–C) groups is 1. The van der Waals surface area contributed by atoms with Crippen molar-refractivity contribution in [1.29, 1.82) is 0 Å². The molecule has 0 aliphatic rings. The first kappa shape index (κ1) is 14.3. The molecule has 0 saturated heterocycles. The van der Waals surface area contributed by atoms with Crippen molar-refractivity contribution in [1.82, 2.24) is 0 Å². The van der Waals surface area contributed by atoms with Gasteiger partial charge in [-0.05, 0) is 26.7 Å². The molecule has 0 saturated carbocycles. The Kier molecular flexibility index (Phi) is 5.15. The van der Waals surface area contributed by atoms with Gasteiger partial charge in [-0.2, -0.15) is 0 Å². The highest BCUT2D eigenvalue weighted by Crippen LogP contribution is 2.39. The van der Waals surface area contributed by atoms with Crippen molar-refractivity contribution in [2.75, 3.05) is 13.7 Å². The molecule has 0 aromatic carbocycles. The monoisotopic (exact) mass is 213 g/mol. The zero-order valence-electron chi connectivity index (χ0n) is 10.7. The van der Waals surface area contributed by atoms with E-state index < -0.39 is 0 Å². The molecule has 1 N–H and O–H groups in total. The fourth-order valence-electron chi connectivity index (χ4n) is 1.79. The van der Waals surface area contributed by atoms with Crippen LogP contribution in [0.1, 0.15) is 40.5 Å². The third kappa shape index (κ3) is 2.88. The SMILES string of the molecule is C=[N+](C=NC)C(C)(C)C(C)(CC)CCO. The van der Waals surface area contributed by atoms with E-state index in [4.69, 9.17) is 5.11 Å². The van der Waals surface area contributed by atoms with E-state index in [-0.39, 0.29) is 17.6 Å². The normalized spacial score (nSPS) is 16.7. The van der Waals surface area contributed by atoms with Crippen LogP contribution >= 0.6 is 0 Å². The van der Waals surface area contributed by atoms with Gasteiger partial charge in [-0.1, -0.05) is 18.8 Å². The van der Waals surface area contributed by atoms with E-state index in [0.717, 1.165) is 12.8 Å². The summed E-state index contributed by atoms with van der Waals surface area (Å²) < 4.78 is 1.88. The second kappa shape index (κ2) is 5.40. The Morgan fingerprint density at radius 3 is 2.27 bits per heavy atom. The van der Waals surface area contributed by atoms with E-state index in [1.54, 1.807) is 13.4 Å². The molecule has 0 aromatic heterocycles. The van der Waals surface area contributed by atoms with Gasteiger partial charge in [0.05, 0.1) is 6.72 Å². The lowest BCUT2D eigenvalue weighted by atomic mass is 9.68. The number of aliphatic hydroxyl groups excluding tert-OH is 1. The molecular weight excluding hydrogens is 188 g/mol. The topological polar surface area (TPSA) is 35.6 Å². The zero-order valence-corrected chi connectivity index (χ0v) is 10.7. The fourth-order valence-corrected chi connectivity index (χ4v) is 1.79. The standard InChI is InChI=1S/C12H25N2O/c1-7-12(4,8-9-15)11(2,3)14(6)10-13-5/h10,15H,6-9H2,1-5H3/q+1. The molecule has 3 nitrogen and oxygen atoms in total. The lowest BCUT2D eigenvalue weighted by molar-refractivity contribution is -0.508. The van der Waals surface area contributed by atoms with Crippen molar-refractivity contribution in [2.24, 2.45) is 10.4 Å². The van der Waals surface area contributed by atoms with E-state index in [2.05, 4.69) is 39.4 Å². The Bertz CT molecular complexity index is 246. The maximum absolute atomic E-state index is 9.14. The number of rotatable bonds is 6. The van der Waals surface area contributed by atoms with Crippen LogP contribution in [0.4, 0.5) is 0 Å². The third-order valence-corrected chi connectivity index (χ3v) is 3.89. The average molecular weight is 213 g/mol. The van der Waals surface area contributed by atoms with Crippen LogP contribution in [0.15, 0.2) is 4.99 Å². The van der Waals surface area contributed by atoms with Crippen LogP contribution in [0.5, 0.6) is 0 Å². The van der Waals surface area contributed by atoms with Gasteiger partial charge in [-0.3, -0.25) is 0 Å². The smallest absolute Gasteiger partial charge is 0.279 e. The van der Waals surface area contributed by atoms with Gasteiger partial charge in [0.1, 0.15) is 12.6 Å². The Morgan fingerprint density at radius 2 is 1.93 bits per heavy atom. The summed E-state index contributed by atoms with van der Waals surface area (Å²) in [4.78, 5) is 3.99. The summed E-state index contributed by atoms with van der Waals surface area (Å²) in [6.07, 6.45) is 3.52. The van der Waals surface area contributed by atoms with Gasteiger partial charge in [-0.25, -0.2) is 4.58 Å². The molecule has 0 rings (SSSR count). The summed E-state index contributed by atoms with van der Waals surface area (Å²) in [5.74, 6) is 0. The highest BCUT2D eigenvalue weighted by atomic mass is 16.3. The first-order chi connectivity index (χ1) is 6.85. The van der Waals surface area contributed by atoms with Crippen LogP contribution in [0.3, 0.4) is 0 Å². The highest BCUT2D eigenvalue weighted by molar-refractivity contribution is 5.48. The molecule has 0 radical (unpaired) electrons. The van der Waals surface area contributed by atoms with Gasteiger partial charge in [0, 0.05) is 12.0 Å². The first-order valence-corrected chi connectivity index (χ1v) is 5.48. The van der Waals surface area contributed by atoms with Gasteiger partial charge in [0.25, 0.3) is 6.34 Å². The summed E-state index contributed by atoms with van der Waals surface area (Å²) in [7, 11) is 1.74. The van der Waals surface area contributed by atoms with Gasteiger partial charge in [0.2, 0.25) is 0 Å². The largest absolute Gasteiger partial charge is 0.396 e. The van der Waals surface area contributed by atoms with Gasteiger partial charge in [0.15, 0.2) is 0 Å². The second-order valence-electron chi connectivity index (χ2n) is 4.79. The summed E-state index contributed by atoms with van der Waals surface area (Å²) in [5.41, 5.74) is -0.0886. The molecular formula is C12H25N2O+. The minimum Gasteiger partial charge on any atom is -0.396 e. The van der Waals surface area contributed by atoms with Crippen molar-refractivity contribution < 1.29 is 9.68 Å². The van der Waals surface area contributed by atoms with Gasteiger partial charge < -0.3 is 5.11 Å².